The van der Waals surface area contributed by atoms with E-state index in [0.717, 1.165) is 11.1 Å². The second-order valence-electron chi connectivity index (χ2n) is 3.15. The Morgan fingerprint density at radius 2 is 1.25 bits per heavy atom. The fraction of sp³-hybridized carbons (Fsp3) is 0. The third-order valence-electron chi connectivity index (χ3n) is 2.03. The van der Waals surface area contributed by atoms with Gasteiger partial charge in [-0.2, -0.15) is 0 Å². The maximum Gasteiger partial charge on any atom is 0.100 e. The van der Waals surface area contributed by atoms with E-state index < -0.39 is 0 Å². The summed E-state index contributed by atoms with van der Waals surface area (Å²) in [5.41, 5.74) is 2.26. The van der Waals surface area contributed by atoms with E-state index in [1.807, 2.05) is 42.5 Å². The molecule has 1 radical (unpaired) electrons. The molecule has 3 heteroatoms. The van der Waals surface area contributed by atoms with Crippen LogP contribution in [0.2, 0.25) is 0 Å². The fourth-order valence-electron chi connectivity index (χ4n) is 1.31. The summed E-state index contributed by atoms with van der Waals surface area (Å²) in [5.74, 6) is 0.301. The van der Waals surface area contributed by atoms with Crippen molar-refractivity contribution in [3.05, 3.63) is 72.1 Å². The molecule has 1 N–H and O–H groups in total. The topological polar surface area (TPSA) is 20.2 Å². The molecule has 0 aliphatic carbocycles. The third-order valence-corrected chi connectivity index (χ3v) is 2.03. The van der Waals surface area contributed by atoms with Crippen molar-refractivity contribution in [3.8, 4) is 5.75 Å². The van der Waals surface area contributed by atoms with Gasteiger partial charge in [-0.05, 0) is 0 Å². The van der Waals surface area contributed by atoms with E-state index in [1.54, 1.807) is 12.1 Å². The quantitative estimate of drug-likeness (QED) is 0.504. The van der Waals surface area contributed by atoms with Crippen LogP contribution < -0.4 is 0 Å². The van der Waals surface area contributed by atoms with Crippen LogP contribution in [0.25, 0.3) is 0 Å². The first-order chi connectivity index (χ1) is 6.84. The smallest absolute Gasteiger partial charge is 0.100 e. The van der Waals surface area contributed by atoms with Crippen LogP contribution >= 0.6 is 0 Å². The molecule has 0 fully saturated rings. The van der Waals surface area contributed by atoms with Gasteiger partial charge in [0.05, 0.1) is 0 Å². The number of phenolic OH excluding ortho intramolecular Hbond substituents is 1. The van der Waals surface area contributed by atoms with E-state index in [1.165, 1.54) is 0 Å². The Hall–Kier alpha value is -2.23. The van der Waals surface area contributed by atoms with E-state index in [4.69, 9.17) is 5.11 Å². The maximum absolute atomic E-state index is 9.11. The molecule has 0 aromatic heterocycles. The molecule has 1 nitrogen and oxygen atoms in total. The van der Waals surface area contributed by atoms with E-state index in [9.17, 15) is 0 Å². The largest absolute Gasteiger partial charge is 0.509 e. The minimum atomic E-state index is 0. The minimum Gasteiger partial charge on any atom is -0.509 e. The summed E-state index contributed by atoms with van der Waals surface area (Å²) < 4.78 is 0. The molecular weight excluding hydrogens is 625 g/mol. The van der Waals surface area contributed by atoms with Crippen molar-refractivity contribution >= 4 is 0 Å². The molecule has 0 amide bonds. The Balaban J connectivity index is 0.00000112. The van der Waals surface area contributed by atoms with E-state index >= 15 is 0 Å². The molecule has 16 heavy (non-hydrogen) atoms. The summed E-state index contributed by atoms with van der Waals surface area (Å²) in [7, 11) is 0. The summed E-state index contributed by atoms with van der Waals surface area (Å²) >= 11 is 0. The van der Waals surface area contributed by atoms with Crippen LogP contribution in [0.4, 0.5) is 0 Å². The van der Waals surface area contributed by atoms with Gasteiger partial charge < -0.3 is 5.11 Å². The second kappa shape index (κ2) is 6.29. The standard InChI is InChI=1S/C13H11O.Re.Rf/c14-13-8-6-12(7-9-13)10-11-4-2-1-3-5-11;;/h1-10,14H;;/q-1;;. The Labute approximate surface area is 103 Å². The molecule has 0 bridgehead atoms. The molecular formula is C13H11OReRf-. The average Bonchev–Trinajstić information content (AvgIpc) is 2.23. The number of benzene rings is 2. The van der Waals surface area contributed by atoms with Gasteiger partial charge in [0.2, 0.25) is 0 Å². The molecule has 0 saturated heterocycles. The van der Waals surface area contributed by atoms with Crippen molar-refractivity contribution in [2.45, 2.75) is 0 Å². The summed E-state index contributed by atoms with van der Waals surface area (Å²) in [4.78, 5) is 0. The van der Waals surface area contributed by atoms with Crippen LogP contribution in [0.3, 0.4) is 0 Å². The van der Waals surface area contributed by atoms with Crippen molar-refractivity contribution < 1.29 is 25.5 Å². The van der Waals surface area contributed by atoms with E-state index in [2.05, 4.69) is 6.42 Å². The molecule has 0 saturated carbocycles. The Morgan fingerprint density at radius 1 is 0.750 bits per heavy atom. The fourth-order valence-corrected chi connectivity index (χ4v) is 1.31. The monoisotopic (exact) mass is 637 g/mol. The summed E-state index contributed by atoms with van der Waals surface area (Å²) in [6.45, 7) is 0. The number of rotatable bonds is 2. The first-order valence-corrected chi connectivity index (χ1v) is 4.53. The first kappa shape index (κ1) is 13.8. The van der Waals surface area contributed by atoms with Gasteiger partial charge in [0.1, 0.15) is 5.75 Å². The molecule has 2 rings (SSSR count). The molecule has 2 aromatic carbocycles. The van der Waals surface area contributed by atoms with Gasteiger partial charge in [0.25, 0.3) is 0 Å². The van der Waals surface area contributed by atoms with Gasteiger partial charge in [-0.15, -0.1) is 41.8 Å². The normalized spacial score (nSPS) is 8.50. The molecule has 0 unspecified atom stereocenters. The maximum atomic E-state index is 9.11. The van der Waals surface area contributed by atoms with Crippen LogP contribution in [0.5, 0.6) is 5.75 Å². The van der Waals surface area contributed by atoms with Gasteiger partial charge in [-0.25, -0.2) is 0 Å². The van der Waals surface area contributed by atoms with Crippen LogP contribution in [0.15, 0.2) is 54.6 Å². The van der Waals surface area contributed by atoms with Gasteiger partial charge in [-0.1, -0.05) is 30.3 Å². The zero-order valence-corrected chi connectivity index (χ0v) is 17.9. The third kappa shape index (κ3) is 3.49. The van der Waals surface area contributed by atoms with Crippen LogP contribution in [-0.2, 0) is 20.4 Å². The molecule has 0 heterocycles. The zero-order valence-electron chi connectivity index (χ0n) is 8.81. The second-order valence-corrected chi connectivity index (χ2v) is 3.15. The van der Waals surface area contributed by atoms with Gasteiger partial charge in [-0.3, -0.25) is 0 Å². The van der Waals surface area contributed by atoms with Crippen molar-refractivity contribution in [3.63, 3.8) is 0 Å². The van der Waals surface area contributed by atoms with Crippen molar-refractivity contribution in [2.75, 3.05) is 0 Å². The van der Waals surface area contributed by atoms with Gasteiger partial charge >= 0.3 is 0 Å². The Kier molecular flexibility index (Phi) is 5.42. The van der Waals surface area contributed by atoms with Crippen molar-refractivity contribution in [1.29, 1.82) is 0 Å². The molecule has 2 aromatic rings. The summed E-state index contributed by atoms with van der Waals surface area (Å²) in [5, 5.41) is 9.11. The predicted molar refractivity (Wildman–Crippen MR) is 57.1 cm³/mol. The Bertz CT molecular complexity index is 400. The number of hydrogen-bond donors (Lipinski definition) is 1. The number of phenols is 1. The number of aromatic hydroxyl groups is 1. The SMILES string of the molecule is Oc1ccc([CH-]c2ccccc2)cc1.[Re].[Rf]. The minimum absolute atomic E-state index is 0. The first-order valence-electron chi connectivity index (χ1n) is 4.53. The molecule has 79 valence electrons. The summed E-state index contributed by atoms with van der Waals surface area (Å²) in [6.07, 6.45) is 2.07. The van der Waals surface area contributed by atoms with Gasteiger partial charge in [0.15, 0.2) is 0 Å². The number of hydrogen-bond acceptors (Lipinski definition) is 1. The van der Waals surface area contributed by atoms with E-state index in [-0.39, 0.29) is 20.4 Å². The molecule has 0 aliphatic rings. The predicted octanol–water partition coefficient (Wildman–Crippen LogP) is 2.99. The van der Waals surface area contributed by atoms with E-state index in [0.29, 0.717) is 5.75 Å². The molecule has 0 aliphatic heterocycles. The van der Waals surface area contributed by atoms with Gasteiger partial charge in [0, 0.05) is 20.4 Å². The summed E-state index contributed by atoms with van der Waals surface area (Å²) in [6, 6.07) is 17.3. The molecule has 0 spiro atoms. The Morgan fingerprint density at radius 3 is 1.81 bits per heavy atom. The molecule has 0 atom stereocenters. The van der Waals surface area contributed by atoms with Crippen molar-refractivity contribution in [2.24, 2.45) is 0 Å². The average molecular weight is 636 g/mol. The van der Waals surface area contributed by atoms with Crippen LogP contribution in [0, 0.1) is 6.42 Å². The van der Waals surface area contributed by atoms with Crippen LogP contribution in [-0.4, -0.2) is 5.11 Å². The van der Waals surface area contributed by atoms with Crippen molar-refractivity contribution in [1.82, 2.24) is 0 Å². The van der Waals surface area contributed by atoms with Crippen LogP contribution in [0.1, 0.15) is 11.1 Å². The zero-order chi connectivity index (χ0) is 9.80.